The molecule has 0 saturated carbocycles. The smallest absolute Gasteiger partial charge is 0.406 e. The summed E-state index contributed by atoms with van der Waals surface area (Å²) in [5.41, 5.74) is 0.982. The van der Waals surface area contributed by atoms with E-state index >= 15 is 0 Å². The summed E-state index contributed by atoms with van der Waals surface area (Å²) in [5.74, 6) is -1.70. The number of aryl methyl sites for hydroxylation is 1. The van der Waals surface area contributed by atoms with Gasteiger partial charge in [0, 0.05) is 22.4 Å². The highest BCUT2D eigenvalue weighted by molar-refractivity contribution is 7.92. The first-order valence-electron chi connectivity index (χ1n) is 9.03. The van der Waals surface area contributed by atoms with Crippen LogP contribution >= 0.6 is 0 Å². The van der Waals surface area contributed by atoms with Crippen molar-refractivity contribution in [3.8, 4) is 0 Å². The number of hydrogen-bond acceptors (Lipinski definition) is 5. The van der Waals surface area contributed by atoms with Gasteiger partial charge in [-0.1, -0.05) is 30.3 Å². The lowest BCUT2D eigenvalue weighted by molar-refractivity contribution is -0.141. The number of nitrogens with one attached hydrogen (secondary N) is 1. The van der Waals surface area contributed by atoms with Gasteiger partial charge in [-0.15, -0.1) is 0 Å². The molecule has 11 heteroatoms. The van der Waals surface area contributed by atoms with E-state index < -0.39 is 47.6 Å². The highest BCUT2D eigenvalue weighted by Gasteiger charge is 2.30. The van der Waals surface area contributed by atoms with E-state index in [1.165, 1.54) is 26.0 Å². The largest absolute Gasteiger partial charge is 0.456 e. The summed E-state index contributed by atoms with van der Waals surface area (Å²) in [6.07, 6.45) is -3.11. The van der Waals surface area contributed by atoms with E-state index in [-0.39, 0.29) is 17.0 Å². The summed E-state index contributed by atoms with van der Waals surface area (Å²) in [6, 6.07) is 9.90. The van der Waals surface area contributed by atoms with Crippen molar-refractivity contribution in [1.29, 1.82) is 0 Å². The lowest BCUT2D eigenvalue weighted by Gasteiger charge is -2.12. The minimum absolute atomic E-state index is 0.000857. The first-order chi connectivity index (χ1) is 14.4. The number of rotatable bonds is 9. The molecule has 1 aromatic carbocycles. The molecular formula is C20H21F3N2O5S. The van der Waals surface area contributed by atoms with Gasteiger partial charge in [0.05, 0.1) is 0 Å². The van der Waals surface area contributed by atoms with Gasteiger partial charge in [-0.05, 0) is 31.6 Å². The Labute approximate surface area is 177 Å². The number of ether oxygens (including phenoxy) is 1. The predicted octanol–water partition coefficient (Wildman–Crippen LogP) is 2.98. The lowest BCUT2D eigenvalue weighted by Crippen LogP contribution is -2.30. The third-order valence-electron chi connectivity index (χ3n) is 4.23. The van der Waals surface area contributed by atoms with Gasteiger partial charge >= 0.3 is 12.1 Å². The molecule has 2 rings (SSSR count). The summed E-state index contributed by atoms with van der Waals surface area (Å²) in [7, 11) is -3.92. The van der Waals surface area contributed by atoms with Gasteiger partial charge in [-0.3, -0.25) is 9.59 Å². The highest BCUT2D eigenvalue weighted by Crippen LogP contribution is 2.23. The van der Waals surface area contributed by atoms with Gasteiger partial charge in [0.15, 0.2) is 6.61 Å². The standard InChI is InChI=1S/C20H21F3N2O5S/c1-14-10-17(15(2)25(14)13-20(21,22)23)18(26)12-30-19(27)11-24-31(28,29)9-8-16-6-4-3-5-7-16/h3-10,24H,11-13H2,1-2H3. The van der Waals surface area contributed by atoms with Gasteiger partial charge in [-0.2, -0.15) is 13.2 Å². The topological polar surface area (TPSA) is 94.5 Å². The van der Waals surface area contributed by atoms with Gasteiger partial charge in [0.2, 0.25) is 15.8 Å². The molecule has 0 saturated heterocycles. The van der Waals surface area contributed by atoms with Crippen LogP contribution in [0.15, 0.2) is 41.8 Å². The van der Waals surface area contributed by atoms with Gasteiger partial charge in [0.25, 0.3) is 0 Å². The van der Waals surface area contributed by atoms with E-state index in [1.54, 1.807) is 30.3 Å². The van der Waals surface area contributed by atoms with Crippen LogP contribution in [0, 0.1) is 13.8 Å². The Hall–Kier alpha value is -2.92. The third-order valence-corrected chi connectivity index (χ3v) is 5.27. The van der Waals surface area contributed by atoms with Crippen molar-refractivity contribution in [2.24, 2.45) is 0 Å². The number of Topliss-reactive ketones (excluding diaryl/α,β-unsaturated/α-hetero) is 1. The molecule has 0 radical (unpaired) electrons. The number of esters is 1. The third kappa shape index (κ3) is 7.68. The number of carbonyl (C=O) groups is 2. The molecule has 1 aromatic heterocycles. The van der Waals surface area contributed by atoms with E-state index in [9.17, 15) is 31.2 Å². The van der Waals surface area contributed by atoms with E-state index in [0.717, 1.165) is 9.98 Å². The molecule has 0 bridgehead atoms. The number of nitrogens with zero attached hydrogens (tertiary/aromatic N) is 1. The molecule has 0 atom stereocenters. The maximum Gasteiger partial charge on any atom is 0.406 e. The summed E-state index contributed by atoms with van der Waals surface area (Å²) < 4.78 is 69.5. The average Bonchev–Trinajstić information content (AvgIpc) is 2.97. The van der Waals surface area contributed by atoms with Crippen molar-refractivity contribution in [2.75, 3.05) is 13.2 Å². The van der Waals surface area contributed by atoms with Crippen LogP contribution in [0.1, 0.15) is 27.3 Å². The van der Waals surface area contributed by atoms with Gasteiger partial charge in [0.1, 0.15) is 13.1 Å². The quantitative estimate of drug-likeness (QED) is 0.461. The van der Waals surface area contributed by atoms with Crippen LogP contribution in [-0.4, -0.2) is 44.1 Å². The summed E-state index contributed by atoms with van der Waals surface area (Å²) in [6.45, 7) is 0.120. The molecule has 0 aliphatic heterocycles. The molecule has 1 heterocycles. The minimum Gasteiger partial charge on any atom is -0.456 e. The first-order valence-corrected chi connectivity index (χ1v) is 10.6. The molecule has 0 unspecified atom stereocenters. The Bertz CT molecular complexity index is 1070. The molecule has 1 N–H and O–H groups in total. The molecule has 0 amide bonds. The zero-order valence-electron chi connectivity index (χ0n) is 16.8. The Kier molecular flexibility index (Phi) is 7.80. The van der Waals surface area contributed by atoms with Crippen molar-refractivity contribution in [3.63, 3.8) is 0 Å². The van der Waals surface area contributed by atoms with Crippen molar-refractivity contribution >= 4 is 27.9 Å². The van der Waals surface area contributed by atoms with Gasteiger partial charge < -0.3 is 9.30 Å². The Morgan fingerprint density at radius 2 is 1.81 bits per heavy atom. The van der Waals surface area contributed by atoms with Crippen molar-refractivity contribution in [3.05, 3.63) is 64.3 Å². The second-order valence-corrected chi connectivity index (χ2v) is 8.30. The Morgan fingerprint density at radius 1 is 1.16 bits per heavy atom. The number of aromatic nitrogens is 1. The van der Waals surface area contributed by atoms with Crippen LogP contribution < -0.4 is 4.72 Å². The van der Waals surface area contributed by atoms with Crippen molar-refractivity contribution < 1.29 is 35.9 Å². The molecule has 7 nitrogen and oxygen atoms in total. The summed E-state index contributed by atoms with van der Waals surface area (Å²) in [5, 5.41) is 0.885. The fourth-order valence-electron chi connectivity index (χ4n) is 2.72. The summed E-state index contributed by atoms with van der Waals surface area (Å²) in [4.78, 5) is 24.0. The van der Waals surface area contributed by atoms with Crippen molar-refractivity contribution in [2.45, 2.75) is 26.6 Å². The number of benzene rings is 1. The van der Waals surface area contributed by atoms with Crippen LogP contribution in [0.5, 0.6) is 0 Å². The molecule has 31 heavy (non-hydrogen) atoms. The van der Waals surface area contributed by atoms with Crippen LogP contribution in [0.2, 0.25) is 0 Å². The maximum absolute atomic E-state index is 12.7. The Morgan fingerprint density at radius 3 is 2.42 bits per heavy atom. The Balaban J connectivity index is 1.89. The lowest BCUT2D eigenvalue weighted by atomic mass is 10.1. The minimum atomic E-state index is -4.45. The van der Waals surface area contributed by atoms with Gasteiger partial charge in [-0.25, -0.2) is 13.1 Å². The molecular weight excluding hydrogens is 437 g/mol. The molecule has 0 aliphatic carbocycles. The molecule has 0 spiro atoms. The maximum atomic E-state index is 12.7. The highest BCUT2D eigenvalue weighted by atomic mass is 32.2. The molecule has 0 fully saturated rings. The molecule has 168 valence electrons. The number of sulfonamides is 1. The monoisotopic (exact) mass is 458 g/mol. The number of carbonyl (C=O) groups excluding carboxylic acids is 2. The normalized spacial score (nSPS) is 12.3. The molecule has 2 aromatic rings. The van der Waals surface area contributed by atoms with E-state index in [0.29, 0.717) is 5.56 Å². The fraction of sp³-hybridized carbons (Fsp3) is 0.300. The number of ketones is 1. The second kappa shape index (κ2) is 9.92. The predicted molar refractivity (Wildman–Crippen MR) is 108 cm³/mol. The first kappa shape index (κ1) is 24.4. The fourth-order valence-corrected chi connectivity index (χ4v) is 3.47. The van der Waals surface area contributed by atoms with E-state index in [2.05, 4.69) is 0 Å². The van der Waals surface area contributed by atoms with Crippen LogP contribution in [0.25, 0.3) is 6.08 Å². The van der Waals surface area contributed by atoms with E-state index in [1.807, 2.05) is 4.72 Å². The summed E-state index contributed by atoms with van der Waals surface area (Å²) >= 11 is 0. The second-order valence-electron chi connectivity index (χ2n) is 6.65. The van der Waals surface area contributed by atoms with Crippen molar-refractivity contribution in [1.82, 2.24) is 9.29 Å². The average molecular weight is 458 g/mol. The number of alkyl halides is 3. The zero-order valence-corrected chi connectivity index (χ0v) is 17.6. The SMILES string of the molecule is Cc1cc(C(=O)COC(=O)CNS(=O)(=O)C=Cc2ccccc2)c(C)n1CC(F)(F)F. The molecule has 0 aliphatic rings. The van der Waals surface area contributed by atoms with Crippen LogP contribution in [-0.2, 0) is 26.1 Å². The zero-order chi connectivity index (χ0) is 23.2. The van der Waals surface area contributed by atoms with Crippen LogP contribution in [0.4, 0.5) is 13.2 Å². The number of hydrogen-bond donors (Lipinski definition) is 1. The van der Waals surface area contributed by atoms with E-state index in [4.69, 9.17) is 4.74 Å². The number of halogens is 3. The van der Waals surface area contributed by atoms with Crippen LogP contribution in [0.3, 0.4) is 0 Å².